The monoisotopic (exact) mass is 324 g/mol. The third kappa shape index (κ3) is 15.3. The van der Waals surface area contributed by atoms with Gasteiger partial charge < -0.3 is 4.74 Å². The molecule has 0 radical (unpaired) electrons. The molecule has 0 saturated carbocycles. The first-order valence-electron chi connectivity index (χ1n) is 8.60. The van der Waals surface area contributed by atoms with Crippen LogP contribution in [0.5, 0.6) is 0 Å². The predicted molar refractivity (Wildman–Crippen MR) is 94.2 cm³/mol. The summed E-state index contributed by atoms with van der Waals surface area (Å²) in [7, 11) is 1.41. The number of hydrogen-bond acceptors (Lipinski definition) is 4. The van der Waals surface area contributed by atoms with Crippen molar-refractivity contribution in [2.24, 2.45) is 0 Å². The first-order chi connectivity index (χ1) is 11.2. The second kappa shape index (κ2) is 17.0. The van der Waals surface area contributed by atoms with E-state index in [4.69, 9.17) is 5.26 Å². The van der Waals surface area contributed by atoms with Crippen LogP contribution >= 0.6 is 0 Å². The zero-order valence-corrected chi connectivity index (χ0v) is 14.6. The molecule has 0 aliphatic rings. The van der Waals surface area contributed by atoms with Gasteiger partial charge in [-0.2, -0.15) is 0 Å². The van der Waals surface area contributed by atoms with E-state index in [1.807, 2.05) is 24.3 Å². The standard InChI is InChI=1S/C19H32O4/c1-3-4-5-6-7-9-12-15-18(23-21)16-13-10-8-11-14-17-19(20)22-2/h7,9-10,12-13,15,18,21H,3-6,8,11,14,16-17H2,1-2H3. The molecule has 0 bridgehead atoms. The van der Waals surface area contributed by atoms with Crippen molar-refractivity contribution in [3.05, 3.63) is 36.5 Å². The topological polar surface area (TPSA) is 55.8 Å². The number of allylic oxidation sites excluding steroid dienone is 4. The molecule has 1 unspecified atom stereocenters. The lowest BCUT2D eigenvalue weighted by atomic mass is 10.1. The Morgan fingerprint density at radius 1 is 1.04 bits per heavy atom. The molecule has 0 spiro atoms. The van der Waals surface area contributed by atoms with Crippen molar-refractivity contribution in [2.45, 2.75) is 70.8 Å². The Balaban J connectivity index is 3.75. The Morgan fingerprint density at radius 2 is 1.78 bits per heavy atom. The molecular formula is C19H32O4. The van der Waals surface area contributed by atoms with Crippen LogP contribution in [0.2, 0.25) is 0 Å². The predicted octanol–water partition coefficient (Wildman–Crippen LogP) is 5.22. The van der Waals surface area contributed by atoms with E-state index in [9.17, 15) is 4.79 Å². The zero-order chi connectivity index (χ0) is 17.2. The van der Waals surface area contributed by atoms with E-state index in [0.717, 1.165) is 25.7 Å². The normalized spacial score (nSPS) is 13.3. The zero-order valence-electron chi connectivity index (χ0n) is 14.6. The number of ether oxygens (including phenoxy) is 1. The molecule has 0 aliphatic heterocycles. The Hall–Kier alpha value is -1.39. The van der Waals surface area contributed by atoms with Crippen molar-refractivity contribution in [3.63, 3.8) is 0 Å². The van der Waals surface area contributed by atoms with E-state index < -0.39 is 0 Å². The highest BCUT2D eigenvalue weighted by molar-refractivity contribution is 5.68. The third-order valence-electron chi connectivity index (χ3n) is 3.45. The largest absolute Gasteiger partial charge is 0.469 e. The summed E-state index contributed by atoms with van der Waals surface area (Å²) in [5.41, 5.74) is 0. The van der Waals surface area contributed by atoms with Crippen molar-refractivity contribution in [2.75, 3.05) is 7.11 Å². The van der Waals surface area contributed by atoms with Crippen LogP contribution in [-0.2, 0) is 14.4 Å². The van der Waals surface area contributed by atoms with Crippen molar-refractivity contribution in [1.29, 1.82) is 0 Å². The minimum absolute atomic E-state index is 0.157. The van der Waals surface area contributed by atoms with Gasteiger partial charge in [-0.1, -0.05) is 56.2 Å². The number of esters is 1. The molecule has 0 aromatic carbocycles. The fourth-order valence-corrected chi connectivity index (χ4v) is 2.01. The van der Waals surface area contributed by atoms with Gasteiger partial charge in [0.25, 0.3) is 0 Å². The first-order valence-corrected chi connectivity index (χ1v) is 8.60. The number of carbonyl (C=O) groups is 1. The molecule has 4 nitrogen and oxygen atoms in total. The Labute approximate surface area is 140 Å². The molecule has 0 rings (SSSR count). The summed E-state index contributed by atoms with van der Waals surface area (Å²) in [5, 5.41) is 8.87. The van der Waals surface area contributed by atoms with Gasteiger partial charge in [-0.15, -0.1) is 0 Å². The summed E-state index contributed by atoms with van der Waals surface area (Å²) in [6.45, 7) is 2.19. The highest BCUT2D eigenvalue weighted by Gasteiger charge is 2.00. The molecule has 4 heteroatoms. The molecule has 0 amide bonds. The number of hydrogen-bond donors (Lipinski definition) is 1. The Kier molecular flexibility index (Phi) is 15.9. The van der Waals surface area contributed by atoms with E-state index in [1.165, 1.54) is 26.4 Å². The van der Waals surface area contributed by atoms with E-state index in [0.29, 0.717) is 12.8 Å². The molecule has 23 heavy (non-hydrogen) atoms. The molecular weight excluding hydrogens is 292 g/mol. The Bertz CT molecular complexity index is 358. The lowest BCUT2D eigenvalue weighted by Gasteiger charge is -2.04. The number of rotatable bonds is 14. The van der Waals surface area contributed by atoms with Gasteiger partial charge in [-0.3, -0.25) is 10.1 Å². The van der Waals surface area contributed by atoms with Crippen LogP contribution in [0, 0.1) is 0 Å². The maximum atomic E-state index is 10.9. The average Bonchev–Trinajstić information content (AvgIpc) is 2.57. The SMILES string of the molecule is CCCCCC=CC=CC(CC=CCCCCC(=O)OC)OO. The number of methoxy groups -OCH3 is 1. The van der Waals surface area contributed by atoms with Gasteiger partial charge >= 0.3 is 5.97 Å². The molecule has 0 aliphatic carbocycles. The van der Waals surface area contributed by atoms with Crippen LogP contribution in [0.1, 0.15) is 64.7 Å². The van der Waals surface area contributed by atoms with E-state index in [1.54, 1.807) is 0 Å². The van der Waals surface area contributed by atoms with Gasteiger partial charge in [0, 0.05) is 6.42 Å². The van der Waals surface area contributed by atoms with Gasteiger partial charge in [0.05, 0.1) is 7.11 Å². The van der Waals surface area contributed by atoms with Gasteiger partial charge in [0.2, 0.25) is 0 Å². The fourth-order valence-electron chi connectivity index (χ4n) is 2.01. The highest BCUT2D eigenvalue weighted by atomic mass is 17.1. The van der Waals surface area contributed by atoms with Gasteiger partial charge in [-0.05, 0) is 38.5 Å². The van der Waals surface area contributed by atoms with Crippen LogP contribution in [0.3, 0.4) is 0 Å². The van der Waals surface area contributed by atoms with Crippen molar-refractivity contribution >= 4 is 5.97 Å². The van der Waals surface area contributed by atoms with E-state index >= 15 is 0 Å². The molecule has 1 N–H and O–H groups in total. The van der Waals surface area contributed by atoms with Crippen LogP contribution in [0.4, 0.5) is 0 Å². The van der Waals surface area contributed by atoms with Crippen molar-refractivity contribution in [1.82, 2.24) is 0 Å². The number of unbranched alkanes of at least 4 members (excludes halogenated alkanes) is 5. The molecule has 1 atom stereocenters. The van der Waals surface area contributed by atoms with Gasteiger partial charge in [0.1, 0.15) is 6.10 Å². The lowest BCUT2D eigenvalue weighted by molar-refractivity contribution is -0.264. The van der Waals surface area contributed by atoms with Crippen molar-refractivity contribution in [3.8, 4) is 0 Å². The van der Waals surface area contributed by atoms with Crippen molar-refractivity contribution < 1.29 is 19.7 Å². The summed E-state index contributed by atoms with van der Waals surface area (Å²) >= 11 is 0. The quantitative estimate of drug-likeness (QED) is 0.119. The minimum Gasteiger partial charge on any atom is -0.469 e. The first kappa shape index (κ1) is 21.6. The molecule has 0 saturated heterocycles. The molecule has 0 fully saturated rings. The summed E-state index contributed by atoms with van der Waals surface area (Å²) in [5.74, 6) is -0.157. The maximum absolute atomic E-state index is 10.9. The lowest BCUT2D eigenvalue weighted by Crippen LogP contribution is -2.04. The van der Waals surface area contributed by atoms with Crippen LogP contribution in [0.25, 0.3) is 0 Å². The van der Waals surface area contributed by atoms with Crippen LogP contribution in [0.15, 0.2) is 36.5 Å². The van der Waals surface area contributed by atoms with Crippen LogP contribution < -0.4 is 0 Å². The summed E-state index contributed by atoms with van der Waals surface area (Å²) < 4.78 is 4.58. The van der Waals surface area contributed by atoms with E-state index in [-0.39, 0.29) is 12.1 Å². The molecule has 0 aromatic rings. The average molecular weight is 324 g/mol. The summed E-state index contributed by atoms with van der Waals surface area (Å²) in [6, 6.07) is 0. The second-order valence-electron chi connectivity index (χ2n) is 5.48. The van der Waals surface area contributed by atoms with Gasteiger partial charge in [0.15, 0.2) is 0 Å². The maximum Gasteiger partial charge on any atom is 0.305 e. The molecule has 132 valence electrons. The van der Waals surface area contributed by atoms with Crippen LogP contribution in [-0.4, -0.2) is 24.4 Å². The minimum atomic E-state index is -0.318. The van der Waals surface area contributed by atoms with Gasteiger partial charge in [-0.25, -0.2) is 4.89 Å². The fraction of sp³-hybridized carbons (Fsp3) is 0.632. The third-order valence-corrected chi connectivity index (χ3v) is 3.45. The second-order valence-corrected chi connectivity index (χ2v) is 5.48. The summed E-state index contributed by atoms with van der Waals surface area (Å²) in [4.78, 5) is 15.4. The molecule has 0 heterocycles. The Morgan fingerprint density at radius 3 is 2.48 bits per heavy atom. The number of carbonyl (C=O) groups excluding carboxylic acids is 1. The smallest absolute Gasteiger partial charge is 0.305 e. The van der Waals surface area contributed by atoms with E-state index in [2.05, 4.69) is 28.7 Å². The molecule has 0 aromatic heterocycles. The summed E-state index contributed by atoms with van der Waals surface area (Å²) in [6.07, 6.45) is 20.2. The highest BCUT2D eigenvalue weighted by Crippen LogP contribution is 2.05.